The van der Waals surface area contributed by atoms with Gasteiger partial charge in [0.05, 0.1) is 12.5 Å². The first kappa shape index (κ1) is 14.4. The van der Waals surface area contributed by atoms with E-state index in [0.717, 1.165) is 16.9 Å². The number of fused-ring (bicyclic) bond motifs is 1. The van der Waals surface area contributed by atoms with Crippen molar-refractivity contribution in [2.75, 3.05) is 7.11 Å². The van der Waals surface area contributed by atoms with Gasteiger partial charge in [-0.1, -0.05) is 38.1 Å². The average molecular weight is 294 g/mol. The highest BCUT2D eigenvalue weighted by Crippen LogP contribution is 2.32. The standard InChI is InChI=1S/C19H18O3/c1-12(2)14-9-8-13(10-19(14)21-3)18-11-16(20)15-6-4-5-7-17(15)22-18/h4-12H,1-3H3. The zero-order valence-electron chi connectivity index (χ0n) is 12.9. The predicted octanol–water partition coefficient (Wildman–Crippen LogP) is 4.59. The van der Waals surface area contributed by atoms with Crippen molar-refractivity contribution >= 4 is 11.0 Å². The van der Waals surface area contributed by atoms with Crippen LogP contribution in [0.5, 0.6) is 5.75 Å². The van der Waals surface area contributed by atoms with Gasteiger partial charge in [-0.15, -0.1) is 0 Å². The Bertz CT molecular complexity index is 875. The van der Waals surface area contributed by atoms with Gasteiger partial charge in [-0.3, -0.25) is 4.79 Å². The second-order valence-corrected chi connectivity index (χ2v) is 5.58. The van der Waals surface area contributed by atoms with E-state index in [2.05, 4.69) is 13.8 Å². The molecule has 1 aromatic heterocycles. The van der Waals surface area contributed by atoms with Crippen molar-refractivity contribution in [1.82, 2.24) is 0 Å². The van der Waals surface area contributed by atoms with Crippen molar-refractivity contribution in [3.8, 4) is 17.1 Å². The summed E-state index contributed by atoms with van der Waals surface area (Å²) >= 11 is 0. The molecule has 0 saturated heterocycles. The van der Waals surface area contributed by atoms with Crippen molar-refractivity contribution in [3.63, 3.8) is 0 Å². The zero-order chi connectivity index (χ0) is 15.7. The number of hydrogen-bond acceptors (Lipinski definition) is 3. The quantitative estimate of drug-likeness (QED) is 0.709. The summed E-state index contributed by atoms with van der Waals surface area (Å²) in [7, 11) is 1.65. The van der Waals surface area contributed by atoms with E-state index in [4.69, 9.17) is 9.15 Å². The summed E-state index contributed by atoms with van der Waals surface area (Å²) in [5.74, 6) is 1.73. The van der Waals surface area contributed by atoms with E-state index in [1.807, 2.05) is 30.3 Å². The third-order valence-corrected chi connectivity index (χ3v) is 3.77. The molecule has 0 amide bonds. The second-order valence-electron chi connectivity index (χ2n) is 5.58. The van der Waals surface area contributed by atoms with Crippen molar-refractivity contribution in [2.45, 2.75) is 19.8 Å². The van der Waals surface area contributed by atoms with Crippen molar-refractivity contribution in [2.24, 2.45) is 0 Å². The van der Waals surface area contributed by atoms with E-state index >= 15 is 0 Å². The lowest BCUT2D eigenvalue weighted by molar-refractivity contribution is 0.407. The maximum atomic E-state index is 12.2. The molecule has 0 bridgehead atoms. The molecule has 3 rings (SSSR count). The second kappa shape index (κ2) is 5.68. The zero-order valence-corrected chi connectivity index (χ0v) is 12.9. The average Bonchev–Trinajstić information content (AvgIpc) is 2.54. The van der Waals surface area contributed by atoms with E-state index < -0.39 is 0 Å². The van der Waals surface area contributed by atoms with Crippen LogP contribution in [-0.4, -0.2) is 7.11 Å². The Morgan fingerprint density at radius 2 is 1.82 bits per heavy atom. The first-order chi connectivity index (χ1) is 10.6. The molecule has 0 aliphatic heterocycles. The van der Waals surface area contributed by atoms with Gasteiger partial charge in [0.2, 0.25) is 0 Å². The highest BCUT2D eigenvalue weighted by molar-refractivity contribution is 5.78. The Hall–Kier alpha value is -2.55. The van der Waals surface area contributed by atoms with Gasteiger partial charge in [0, 0.05) is 11.6 Å². The summed E-state index contributed by atoms with van der Waals surface area (Å²) in [6, 6.07) is 14.7. The Balaban J connectivity index is 2.17. The SMILES string of the molecule is COc1cc(-c2cc(=O)c3ccccc3o2)ccc1C(C)C. The van der Waals surface area contributed by atoms with E-state index in [0.29, 0.717) is 22.6 Å². The van der Waals surface area contributed by atoms with E-state index in [1.165, 1.54) is 6.07 Å². The lowest BCUT2D eigenvalue weighted by Gasteiger charge is -2.13. The minimum Gasteiger partial charge on any atom is -0.496 e. The molecule has 3 aromatic rings. The van der Waals surface area contributed by atoms with Crippen LogP contribution in [0.4, 0.5) is 0 Å². The highest BCUT2D eigenvalue weighted by Gasteiger charge is 2.11. The van der Waals surface area contributed by atoms with Crippen LogP contribution >= 0.6 is 0 Å². The number of hydrogen-bond donors (Lipinski definition) is 0. The molecule has 1 heterocycles. The Kier molecular flexibility index (Phi) is 3.72. The third-order valence-electron chi connectivity index (χ3n) is 3.77. The fourth-order valence-electron chi connectivity index (χ4n) is 2.59. The molecule has 0 aliphatic rings. The molecule has 112 valence electrons. The van der Waals surface area contributed by atoms with Crippen LogP contribution in [-0.2, 0) is 0 Å². The largest absolute Gasteiger partial charge is 0.496 e. The molecular formula is C19H18O3. The first-order valence-corrected chi connectivity index (χ1v) is 7.31. The number of para-hydroxylation sites is 1. The summed E-state index contributed by atoms with van der Waals surface area (Å²) in [4.78, 5) is 12.2. The van der Waals surface area contributed by atoms with E-state index in [1.54, 1.807) is 19.2 Å². The van der Waals surface area contributed by atoms with Crippen LogP contribution in [0.15, 0.2) is 57.7 Å². The molecular weight excluding hydrogens is 276 g/mol. The number of rotatable bonds is 3. The van der Waals surface area contributed by atoms with Crippen LogP contribution < -0.4 is 10.2 Å². The maximum absolute atomic E-state index is 12.2. The van der Waals surface area contributed by atoms with Gasteiger partial charge in [0.15, 0.2) is 5.43 Å². The monoisotopic (exact) mass is 294 g/mol. The Labute approximate surface area is 129 Å². The van der Waals surface area contributed by atoms with Crippen molar-refractivity contribution < 1.29 is 9.15 Å². The normalized spacial score (nSPS) is 11.1. The molecule has 0 fully saturated rings. The van der Waals surface area contributed by atoms with Gasteiger partial charge in [0.1, 0.15) is 17.1 Å². The maximum Gasteiger partial charge on any atom is 0.193 e. The van der Waals surface area contributed by atoms with Gasteiger partial charge in [-0.2, -0.15) is 0 Å². The van der Waals surface area contributed by atoms with Gasteiger partial charge in [-0.25, -0.2) is 0 Å². The minimum absolute atomic E-state index is 0.0382. The first-order valence-electron chi connectivity index (χ1n) is 7.31. The third kappa shape index (κ3) is 2.50. The van der Waals surface area contributed by atoms with E-state index in [-0.39, 0.29) is 5.43 Å². The van der Waals surface area contributed by atoms with Crippen LogP contribution in [0.2, 0.25) is 0 Å². The van der Waals surface area contributed by atoms with Gasteiger partial charge < -0.3 is 9.15 Å². The fourth-order valence-corrected chi connectivity index (χ4v) is 2.59. The molecule has 0 saturated carbocycles. The topological polar surface area (TPSA) is 39.4 Å². The lowest BCUT2D eigenvalue weighted by atomic mass is 9.99. The molecule has 0 spiro atoms. The molecule has 0 N–H and O–H groups in total. The van der Waals surface area contributed by atoms with Gasteiger partial charge in [0.25, 0.3) is 0 Å². The molecule has 2 aromatic carbocycles. The summed E-state index contributed by atoms with van der Waals surface area (Å²) in [5, 5.41) is 0.594. The Morgan fingerprint density at radius 1 is 1.05 bits per heavy atom. The van der Waals surface area contributed by atoms with Crippen LogP contribution in [0, 0.1) is 0 Å². The summed E-state index contributed by atoms with van der Waals surface area (Å²) in [5.41, 5.74) is 2.53. The van der Waals surface area contributed by atoms with E-state index in [9.17, 15) is 4.79 Å². The minimum atomic E-state index is -0.0382. The molecule has 0 radical (unpaired) electrons. The molecule has 3 heteroatoms. The predicted molar refractivity (Wildman–Crippen MR) is 88.6 cm³/mol. The molecule has 0 unspecified atom stereocenters. The number of ether oxygens (including phenoxy) is 1. The molecule has 0 aliphatic carbocycles. The van der Waals surface area contributed by atoms with Gasteiger partial charge >= 0.3 is 0 Å². The molecule has 0 atom stereocenters. The fraction of sp³-hybridized carbons (Fsp3) is 0.211. The Morgan fingerprint density at radius 3 is 2.55 bits per heavy atom. The van der Waals surface area contributed by atoms with Crippen LogP contribution in [0.25, 0.3) is 22.3 Å². The van der Waals surface area contributed by atoms with Crippen molar-refractivity contribution in [3.05, 3.63) is 64.3 Å². The molecule has 3 nitrogen and oxygen atoms in total. The summed E-state index contributed by atoms with van der Waals surface area (Å²) in [6.45, 7) is 4.24. The van der Waals surface area contributed by atoms with Crippen LogP contribution in [0.3, 0.4) is 0 Å². The summed E-state index contributed by atoms with van der Waals surface area (Å²) < 4.78 is 11.3. The van der Waals surface area contributed by atoms with Crippen LogP contribution in [0.1, 0.15) is 25.3 Å². The lowest BCUT2D eigenvalue weighted by Crippen LogP contribution is -2.00. The molecule has 22 heavy (non-hydrogen) atoms. The highest BCUT2D eigenvalue weighted by atomic mass is 16.5. The smallest absolute Gasteiger partial charge is 0.193 e. The number of benzene rings is 2. The number of methoxy groups -OCH3 is 1. The summed E-state index contributed by atoms with van der Waals surface area (Å²) in [6.07, 6.45) is 0. The van der Waals surface area contributed by atoms with Crippen molar-refractivity contribution in [1.29, 1.82) is 0 Å². The van der Waals surface area contributed by atoms with Gasteiger partial charge in [-0.05, 0) is 29.7 Å².